The van der Waals surface area contributed by atoms with Crippen molar-refractivity contribution < 1.29 is 0 Å². The molecule has 0 atom stereocenters. The van der Waals surface area contributed by atoms with E-state index in [0.29, 0.717) is 0 Å². The summed E-state index contributed by atoms with van der Waals surface area (Å²) in [6.07, 6.45) is 3.30. The summed E-state index contributed by atoms with van der Waals surface area (Å²) in [6.45, 7) is 5.71. The smallest absolute Gasteiger partial charge is 0.0550 e. The van der Waals surface area contributed by atoms with E-state index in [4.69, 9.17) is 0 Å². The first-order valence-electron chi connectivity index (χ1n) is 4.47. The summed E-state index contributed by atoms with van der Waals surface area (Å²) in [7, 11) is 2.02. The van der Waals surface area contributed by atoms with E-state index in [1.54, 1.807) is 0 Å². The first-order chi connectivity index (χ1) is 5.77. The molecule has 2 heterocycles. The fraction of sp³-hybridized carbons (Fsp3) is 0.667. The minimum absolute atomic E-state index is 1.07. The van der Waals surface area contributed by atoms with Crippen LogP contribution in [-0.4, -0.2) is 27.8 Å². The molecule has 0 aromatic carbocycles. The van der Waals surface area contributed by atoms with E-state index in [9.17, 15) is 0 Å². The van der Waals surface area contributed by atoms with Gasteiger partial charge in [0.05, 0.1) is 11.9 Å². The molecule has 1 aromatic rings. The van der Waals surface area contributed by atoms with Gasteiger partial charge in [-0.25, -0.2) is 0 Å². The molecule has 0 amide bonds. The summed E-state index contributed by atoms with van der Waals surface area (Å²) in [5, 5.41) is 4.22. The molecule has 66 valence electrons. The third-order valence-corrected chi connectivity index (χ3v) is 2.59. The molecule has 12 heavy (non-hydrogen) atoms. The summed E-state index contributed by atoms with van der Waals surface area (Å²) in [4.78, 5) is 2.45. The maximum Gasteiger partial charge on any atom is 0.0550 e. The van der Waals surface area contributed by atoms with E-state index < -0.39 is 0 Å². The Kier molecular flexibility index (Phi) is 1.89. The summed E-state index contributed by atoms with van der Waals surface area (Å²) >= 11 is 0. The van der Waals surface area contributed by atoms with Crippen molar-refractivity contribution in [3.63, 3.8) is 0 Å². The fourth-order valence-corrected chi connectivity index (χ4v) is 1.55. The van der Waals surface area contributed by atoms with Gasteiger partial charge in [0.2, 0.25) is 0 Å². The Morgan fingerprint density at radius 3 is 2.67 bits per heavy atom. The molecule has 3 nitrogen and oxygen atoms in total. The highest BCUT2D eigenvalue weighted by atomic mass is 15.3. The third-order valence-electron chi connectivity index (χ3n) is 2.59. The zero-order chi connectivity index (χ0) is 8.55. The molecule has 1 saturated heterocycles. The summed E-state index contributed by atoms with van der Waals surface area (Å²) in [5.74, 6) is 0. The van der Waals surface area contributed by atoms with Crippen LogP contribution in [0.1, 0.15) is 17.7 Å². The first kappa shape index (κ1) is 7.80. The second kappa shape index (κ2) is 2.90. The Balaban J connectivity index is 2.10. The lowest BCUT2D eigenvalue weighted by molar-refractivity contribution is 0.168. The highest BCUT2D eigenvalue weighted by Gasteiger charge is 2.16. The number of hydrogen-bond donors (Lipinski definition) is 0. The average Bonchev–Trinajstić information content (AvgIpc) is 2.25. The molecule has 0 bridgehead atoms. The molecule has 1 fully saturated rings. The predicted molar refractivity (Wildman–Crippen MR) is 47.8 cm³/mol. The van der Waals surface area contributed by atoms with Gasteiger partial charge >= 0.3 is 0 Å². The molecule has 1 aromatic heterocycles. The van der Waals surface area contributed by atoms with Crippen LogP contribution in [0.25, 0.3) is 0 Å². The number of nitrogens with zero attached hydrogens (tertiary/aromatic N) is 3. The molecular formula is C9H15N3. The van der Waals surface area contributed by atoms with Crippen LogP contribution in [0.2, 0.25) is 0 Å². The van der Waals surface area contributed by atoms with Gasteiger partial charge in [-0.3, -0.25) is 9.58 Å². The van der Waals surface area contributed by atoms with Gasteiger partial charge in [-0.1, -0.05) is 0 Å². The summed E-state index contributed by atoms with van der Waals surface area (Å²) < 4.78 is 1.98. The summed E-state index contributed by atoms with van der Waals surface area (Å²) in [6, 6.07) is 0. The van der Waals surface area contributed by atoms with E-state index in [1.807, 2.05) is 17.9 Å². The molecule has 0 aliphatic carbocycles. The average molecular weight is 165 g/mol. The van der Waals surface area contributed by atoms with Gasteiger partial charge in [0.1, 0.15) is 0 Å². The highest BCUT2D eigenvalue weighted by molar-refractivity contribution is 5.15. The van der Waals surface area contributed by atoms with Gasteiger partial charge in [-0.15, -0.1) is 0 Å². The van der Waals surface area contributed by atoms with E-state index in [-0.39, 0.29) is 0 Å². The Bertz CT molecular complexity index is 254. The Labute approximate surface area is 73.0 Å². The Morgan fingerprint density at radius 2 is 2.25 bits per heavy atom. The van der Waals surface area contributed by atoms with Crippen molar-refractivity contribution in [2.45, 2.75) is 19.9 Å². The van der Waals surface area contributed by atoms with Crippen molar-refractivity contribution in [1.29, 1.82) is 0 Å². The number of rotatable bonds is 2. The molecule has 3 heteroatoms. The van der Waals surface area contributed by atoms with Gasteiger partial charge in [0.15, 0.2) is 0 Å². The molecular weight excluding hydrogens is 150 g/mol. The van der Waals surface area contributed by atoms with Crippen LogP contribution in [0.5, 0.6) is 0 Å². The van der Waals surface area contributed by atoms with Crippen molar-refractivity contribution in [3.05, 3.63) is 17.5 Å². The minimum atomic E-state index is 1.07. The zero-order valence-electron chi connectivity index (χ0n) is 7.75. The van der Waals surface area contributed by atoms with E-state index in [0.717, 1.165) is 6.54 Å². The van der Waals surface area contributed by atoms with Crippen LogP contribution in [0.15, 0.2) is 6.20 Å². The van der Waals surface area contributed by atoms with Crippen LogP contribution in [0.3, 0.4) is 0 Å². The number of aromatic nitrogens is 2. The Morgan fingerprint density at radius 1 is 1.50 bits per heavy atom. The zero-order valence-corrected chi connectivity index (χ0v) is 7.75. The lowest BCUT2D eigenvalue weighted by Crippen LogP contribution is -2.37. The maximum absolute atomic E-state index is 4.22. The van der Waals surface area contributed by atoms with Crippen molar-refractivity contribution in [2.75, 3.05) is 13.1 Å². The molecule has 0 spiro atoms. The van der Waals surface area contributed by atoms with Gasteiger partial charge in [-0.2, -0.15) is 5.10 Å². The second-order valence-electron chi connectivity index (χ2n) is 3.53. The van der Waals surface area contributed by atoms with Crippen LogP contribution < -0.4 is 0 Å². The number of likely N-dealkylation sites (tertiary alicyclic amines) is 1. The van der Waals surface area contributed by atoms with E-state index in [2.05, 4.69) is 16.9 Å². The molecule has 0 radical (unpaired) electrons. The molecule has 0 saturated carbocycles. The SMILES string of the molecule is Cc1cnn(C)c1CN1CCC1. The predicted octanol–water partition coefficient (Wildman–Crippen LogP) is 0.934. The third kappa shape index (κ3) is 1.25. The maximum atomic E-state index is 4.22. The molecule has 1 aliphatic rings. The largest absolute Gasteiger partial charge is 0.297 e. The lowest BCUT2D eigenvalue weighted by atomic mass is 10.2. The van der Waals surface area contributed by atoms with Crippen LogP contribution in [0.4, 0.5) is 0 Å². The van der Waals surface area contributed by atoms with E-state index >= 15 is 0 Å². The topological polar surface area (TPSA) is 21.1 Å². The normalized spacial score (nSPS) is 17.8. The van der Waals surface area contributed by atoms with Crippen molar-refractivity contribution in [3.8, 4) is 0 Å². The van der Waals surface area contributed by atoms with Crippen molar-refractivity contribution in [1.82, 2.24) is 14.7 Å². The second-order valence-corrected chi connectivity index (χ2v) is 3.53. The monoisotopic (exact) mass is 165 g/mol. The lowest BCUT2D eigenvalue weighted by Gasteiger charge is -2.30. The molecule has 0 unspecified atom stereocenters. The van der Waals surface area contributed by atoms with Crippen molar-refractivity contribution >= 4 is 0 Å². The van der Waals surface area contributed by atoms with Gasteiger partial charge in [-0.05, 0) is 32.0 Å². The highest BCUT2D eigenvalue weighted by Crippen LogP contribution is 2.14. The molecule has 0 N–H and O–H groups in total. The standard InChI is InChI=1S/C9H15N3/c1-8-6-10-11(2)9(8)7-12-4-3-5-12/h6H,3-5,7H2,1-2H3. The quantitative estimate of drug-likeness (QED) is 0.650. The van der Waals surface area contributed by atoms with Gasteiger partial charge < -0.3 is 0 Å². The molecule has 2 rings (SSSR count). The fourth-order valence-electron chi connectivity index (χ4n) is 1.55. The van der Waals surface area contributed by atoms with Crippen LogP contribution in [-0.2, 0) is 13.6 Å². The Hall–Kier alpha value is -0.830. The van der Waals surface area contributed by atoms with Crippen LogP contribution >= 0.6 is 0 Å². The van der Waals surface area contributed by atoms with Gasteiger partial charge in [0.25, 0.3) is 0 Å². The number of aryl methyl sites for hydroxylation is 2. The first-order valence-corrected chi connectivity index (χ1v) is 4.47. The summed E-state index contributed by atoms with van der Waals surface area (Å²) in [5.41, 5.74) is 2.67. The van der Waals surface area contributed by atoms with Gasteiger partial charge in [0, 0.05) is 13.6 Å². The number of hydrogen-bond acceptors (Lipinski definition) is 2. The van der Waals surface area contributed by atoms with E-state index in [1.165, 1.54) is 30.8 Å². The van der Waals surface area contributed by atoms with Crippen molar-refractivity contribution in [2.24, 2.45) is 7.05 Å². The van der Waals surface area contributed by atoms with Crippen LogP contribution in [0, 0.1) is 6.92 Å². The molecule has 1 aliphatic heterocycles. The minimum Gasteiger partial charge on any atom is -0.297 e.